The number of aromatic nitrogens is 4. The predicted octanol–water partition coefficient (Wildman–Crippen LogP) is -1.49. The summed E-state index contributed by atoms with van der Waals surface area (Å²) < 4.78 is 0. The first-order chi connectivity index (χ1) is 10.1. The summed E-state index contributed by atoms with van der Waals surface area (Å²) in [6.07, 6.45) is 0.804. The smallest absolute Gasteiger partial charge is 0.423 e. The molecule has 0 spiro atoms. The number of likely N-dealkylation sites (tertiary alicyclic amines) is 1. The maximum absolute atomic E-state index is 12.4. The second-order valence-electron chi connectivity index (χ2n) is 5.00. The Balaban J connectivity index is 1.68. The van der Waals surface area contributed by atoms with Crippen molar-refractivity contribution in [2.24, 2.45) is 0 Å². The number of rotatable bonds is 3. The van der Waals surface area contributed by atoms with Crippen molar-refractivity contribution >= 4 is 18.5 Å². The van der Waals surface area contributed by atoms with Crippen LogP contribution in [0.1, 0.15) is 28.5 Å². The molecule has 21 heavy (non-hydrogen) atoms. The van der Waals surface area contributed by atoms with E-state index in [9.17, 15) is 4.79 Å². The van der Waals surface area contributed by atoms with Crippen LogP contribution in [-0.2, 0) is 0 Å². The Morgan fingerprint density at radius 1 is 1.33 bits per heavy atom. The molecule has 8 nitrogen and oxygen atoms in total. The summed E-state index contributed by atoms with van der Waals surface area (Å²) in [5.74, 6) is 0.648. The number of H-pyrrole nitrogens is 1. The number of hydrogen-bond acceptors (Lipinski definition) is 6. The Labute approximate surface area is 120 Å². The quantitative estimate of drug-likeness (QED) is 0.592. The lowest BCUT2D eigenvalue weighted by Gasteiger charge is -2.16. The highest BCUT2D eigenvalue weighted by molar-refractivity contribution is 6.58. The SMILES string of the molecule is O=C(c1ccc(B(O)O)cc1)N1CCC(c2nn[nH]n2)C1. The van der Waals surface area contributed by atoms with Gasteiger partial charge in [0.1, 0.15) is 0 Å². The molecular weight excluding hydrogens is 273 g/mol. The van der Waals surface area contributed by atoms with E-state index in [2.05, 4.69) is 20.6 Å². The first-order valence-corrected chi connectivity index (χ1v) is 6.64. The molecule has 1 aromatic carbocycles. The Morgan fingerprint density at radius 2 is 2.10 bits per heavy atom. The lowest BCUT2D eigenvalue weighted by atomic mass is 9.80. The van der Waals surface area contributed by atoms with E-state index in [1.807, 2.05) is 0 Å². The van der Waals surface area contributed by atoms with Gasteiger partial charge < -0.3 is 14.9 Å². The first-order valence-electron chi connectivity index (χ1n) is 6.64. The molecule has 1 atom stereocenters. The van der Waals surface area contributed by atoms with Gasteiger partial charge in [-0.05, 0) is 24.0 Å². The van der Waals surface area contributed by atoms with Gasteiger partial charge in [-0.1, -0.05) is 17.3 Å². The van der Waals surface area contributed by atoms with Crippen molar-refractivity contribution in [3.05, 3.63) is 35.7 Å². The number of carbonyl (C=O) groups is 1. The fraction of sp³-hybridized carbons (Fsp3) is 0.333. The van der Waals surface area contributed by atoms with Gasteiger partial charge in [-0.15, -0.1) is 10.2 Å². The van der Waals surface area contributed by atoms with Crippen LogP contribution in [-0.4, -0.2) is 61.7 Å². The molecule has 3 N–H and O–H groups in total. The van der Waals surface area contributed by atoms with Crippen LogP contribution < -0.4 is 5.46 Å². The molecule has 1 amide bonds. The largest absolute Gasteiger partial charge is 0.488 e. The normalized spacial score (nSPS) is 18.0. The van der Waals surface area contributed by atoms with E-state index < -0.39 is 7.12 Å². The van der Waals surface area contributed by atoms with Crippen molar-refractivity contribution < 1.29 is 14.8 Å². The molecule has 1 aliphatic heterocycles. The van der Waals surface area contributed by atoms with Crippen molar-refractivity contribution in [3.63, 3.8) is 0 Å². The van der Waals surface area contributed by atoms with Gasteiger partial charge in [0, 0.05) is 24.6 Å². The topological polar surface area (TPSA) is 115 Å². The Kier molecular flexibility index (Phi) is 3.67. The van der Waals surface area contributed by atoms with Gasteiger partial charge in [0.2, 0.25) is 0 Å². The van der Waals surface area contributed by atoms with Crippen molar-refractivity contribution in [3.8, 4) is 0 Å². The average molecular weight is 287 g/mol. The molecule has 9 heteroatoms. The minimum atomic E-state index is -1.52. The molecule has 1 aromatic heterocycles. The number of benzene rings is 1. The summed E-state index contributed by atoms with van der Waals surface area (Å²) in [7, 11) is -1.52. The molecule has 1 fully saturated rings. The van der Waals surface area contributed by atoms with Gasteiger partial charge >= 0.3 is 7.12 Å². The van der Waals surface area contributed by atoms with Crippen LogP contribution in [0.5, 0.6) is 0 Å². The van der Waals surface area contributed by atoms with Crippen LogP contribution in [0, 0.1) is 0 Å². The van der Waals surface area contributed by atoms with Gasteiger partial charge in [0.05, 0.1) is 0 Å². The standard InChI is InChI=1S/C12H14BN5O3/c19-12(8-1-3-10(4-2-8)13(20)21)18-6-5-9(7-18)11-14-16-17-15-11/h1-4,9,20-21H,5-7H2,(H,14,15,16,17). The van der Waals surface area contributed by atoms with E-state index in [0.29, 0.717) is 29.9 Å². The zero-order chi connectivity index (χ0) is 14.8. The van der Waals surface area contributed by atoms with Crippen molar-refractivity contribution in [1.82, 2.24) is 25.5 Å². The number of aromatic amines is 1. The van der Waals surface area contributed by atoms with Gasteiger partial charge in [-0.2, -0.15) is 5.21 Å². The van der Waals surface area contributed by atoms with Crippen LogP contribution in [0.15, 0.2) is 24.3 Å². The van der Waals surface area contributed by atoms with Crippen LogP contribution in [0.3, 0.4) is 0 Å². The zero-order valence-electron chi connectivity index (χ0n) is 11.2. The molecule has 3 rings (SSSR count). The van der Waals surface area contributed by atoms with Crippen LogP contribution in [0.2, 0.25) is 0 Å². The highest BCUT2D eigenvalue weighted by Gasteiger charge is 2.30. The van der Waals surface area contributed by atoms with E-state index in [4.69, 9.17) is 10.0 Å². The molecule has 1 unspecified atom stereocenters. The maximum atomic E-state index is 12.4. The minimum Gasteiger partial charge on any atom is -0.423 e. The lowest BCUT2D eigenvalue weighted by molar-refractivity contribution is 0.0790. The van der Waals surface area contributed by atoms with Crippen molar-refractivity contribution in [1.29, 1.82) is 0 Å². The molecule has 0 bridgehead atoms. The van der Waals surface area contributed by atoms with Crippen LogP contribution in [0.4, 0.5) is 0 Å². The second kappa shape index (κ2) is 5.62. The van der Waals surface area contributed by atoms with E-state index in [1.165, 1.54) is 12.1 Å². The monoisotopic (exact) mass is 287 g/mol. The second-order valence-corrected chi connectivity index (χ2v) is 5.00. The summed E-state index contributed by atoms with van der Waals surface area (Å²) in [5.41, 5.74) is 0.880. The zero-order valence-corrected chi connectivity index (χ0v) is 11.2. The summed E-state index contributed by atoms with van der Waals surface area (Å²) in [5, 5.41) is 31.9. The average Bonchev–Trinajstić information content (AvgIpc) is 3.17. The summed E-state index contributed by atoms with van der Waals surface area (Å²) in [6.45, 7) is 1.20. The Hall–Kier alpha value is -2.26. The highest BCUT2D eigenvalue weighted by Crippen LogP contribution is 2.25. The summed E-state index contributed by atoms with van der Waals surface area (Å²) in [4.78, 5) is 14.1. The van der Waals surface area contributed by atoms with Gasteiger partial charge in [-0.25, -0.2) is 0 Å². The number of tetrazole rings is 1. The van der Waals surface area contributed by atoms with Crippen molar-refractivity contribution in [2.45, 2.75) is 12.3 Å². The molecule has 2 heterocycles. The number of amides is 1. The number of hydrogen-bond donors (Lipinski definition) is 3. The number of carbonyl (C=O) groups excluding carboxylic acids is 1. The molecule has 1 saturated heterocycles. The first kappa shape index (κ1) is 13.7. The number of nitrogens with zero attached hydrogens (tertiary/aromatic N) is 4. The fourth-order valence-corrected chi connectivity index (χ4v) is 2.48. The molecule has 0 saturated carbocycles. The molecule has 0 aliphatic carbocycles. The third-order valence-electron chi connectivity index (χ3n) is 3.66. The Bertz CT molecular complexity index is 616. The third kappa shape index (κ3) is 2.78. The highest BCUT2D eigenvalue weighted by atomic mass is 16.4. The van der Waals surface area contributed by atoms with E-state index >= 15 is 0 Å². The summed E-state index contributed by atoms with van der Waals surface area (Å²) in [6, 6.07) is 6.26. The summed E-state index contributed by atoms with van der Waals surface area (Å²) >= 11 is 0. The lowest BCUT2D eigenvalue weighted by Crippen LogP contribution is -2.31. The van der Waals surface area contributed by atoms with E-state index in [0.717, 1.165) is 6.42 Å². The number of nitrogens with one attached hydrogen (secondary N) is 1. The Morgan fingerprint density at radius 3 is 2.71 bits per heavy atom. The van der Waals surface area contributed by atoms with Crippen LogP contribution >= 0.6 is 0 Å². The molecule has 1 aliphatic rings. The van der Waals surface area contributed by atoms with Crippen LogP contribution in [0.25, 0.3) is 0 Å². The maximum Gasteiger partial charge on any atom is 0.488 e. The van der Waals surface area contributed by atoms with Crippen molar-refractivity contribution in [2.75, 3.05) is 13.1 Å². The predicted molar refractivity (Wildman–Crippen MR) is 73.7 cm³/mol. The third-order valence-corrected chi connectivity index (χ3v) is 3.66. The minimum absolute atomic E-state index is 0.0834. The molecule has 0 radical (unpaired) electrons. The molecule has 2 aromatic rings. The van der Waals surface area contributed by atoms with Gasteiger partial charge in [0.15, 0.2) is 5.82 Å². The fourth-order valence-electron chi connectivity index (χ4n) is 2.48. The molecule has 108 valence electrons. The van der Waals surface area contributed by atoms with Gasteiger partial charge in [-0.3, -0.25) is 4.79 Å². The molecular formula is C12H14BN5O3. The van der Waals surface area contributed by atoms with E-state index in [1.54, 1.807) is 17.0 Å². The van der Waals surface area contributed by atoms with E-state index in [-0.39, 0.29) is 11.8 Å². The van der Waals surface area contributed by atoms with Gasteiger partial charge in [0.25, 0.3) is 5.91 Å².